The molecule has 0 radical (unpaired) electrons. The smallest absolute Gasteiger partial charge is 0.341 e. The molecular weight excluding hydrogens is 1240 g/mol. The van der Waals surface area contributed by atoms with Crippen LogP contribution in [0.2, 0.25) is 0 Å². The molecule has 1 aliphatic heterocycles. The van der Waals surface area contributed by atoms with Crippen molar-refractivity contribution in [3.8, 4) is 17.2 Å². The molecule has 7 N–H and O–H groups in total. The van der Waals surface area contributed by atoms with Gasteiger partial charge in [-0.1, -0.05) is 36.4 Å². The highest BCUT2D eigenvalue weighted by molar-refractivity contribution is 6.14. The first-order chi connectivity index (χ1) is 45.8. The van der Waals surface area contributed by atoms with E-state index in [-0.39, 0.29) is 110 Å². The molecule has 3 aromatic heterocycles. The summed E-state index contributed by atoms with van der Waals surface area (Å²) in [6.45, 7) is 7.21. The third kappa shape index (κ3) is 18.4. The van der Waals surface area contributed by atoms with Gasteiger partial charge < -0.3 is 60.1 Å². The molecule has 25 heteroatoms. The number of phenols is 3. The Balaban J connectivity index is 0.000000183. The molecule has 1 aliphatic rings. The van der Waals surface area contributed by atoms with Crippen molar-refractivity contribution < 1.29 is 86.0 Å². The summed E-state index contributed by atoms with van der Waals surface area (Å²) in [6.07, 6.45) is 6.36. The summed E-state index contributed by atoms with van der Waals surface area (Å²) < 4.78 is 64.3. The van der Waals surface area contributed by atoms with Gasteiger partial charge >= 0.3 is 17.9 Å². The number of hydrogen-bond acceptors (Lipinski definition) is 19. The van der Waals surface area contributed by atoms with E-state index in [9.17, 15) is 57.3 Å². The maximum Gasteiger partial charge on any atom is 0.341 e. The fourth-order valence-electron chi connectivity index (χ4n) is 10.2. The summed E-state index contributed by atoms with van der Waals surface area (Å²) >= 11 is 0. The first-order valence-corrected chi connectivity index (χ1v) is 30.1. The lowest BCUT2D eigenvalue weighted by molar-refractivity contribution is 0.0383. The van der Waals surface area contributed by atoms with E-state index in [0.717, 1.165) is 46.5 Å². The Kier molecular flexibility index (Phi) is 25.0. The van der Waals surface area contributed by atoms with Crippen LogP contribution >= 0.6 is 0 Å². The van der Waals surface area contributed by atoms with Gasteiger partial charge in [-0.25, -0.2) is 27.6 Å². The van der Waals surface area contributed by atoms with E-state index in [1.807, 2.05) is 6.92 Å². The zero-order chi connectivity index (χ0) is 68.1. The van der Waals surface area contributed by atoms with Gasteiger partial charge in [-0.2, -0.15) is 0 Å². The number of amides is 3. The number of carbonyl (C=O) groups excluding carboxylic acids is 6. The second-order valence-corrected chi connectivity index (χ2v) is 21.6. The molecule has 0 unspecified atom stereocenters. The summed E-state index contributed by atoms with van der Waals surface area (Å²) in [5.41, 5.74) is 5.27. The number of ether oxygens (including phenoxy) is 5. The predicted molar refractivity (Wildman–Crippen MR) is 344 cm³/mol. The number of hydrogen-bond donors (Lipinski definition) is 7. The number of morpholine rings is 1. The highest BCUT2D eigenvalue weighted by Gasteiger charge is 2.26. The number of aliphatic hydroxyl groups excluding tert-OH is 1. The fraction of sp³-hybridized carbons (Fsp3) is 0.271. The molecule has 10 rings (SSSR count). The average Bonchev–Trinajstić information content (AvgIpc) is 0.814. The van der Waals surface area contributed by atoms with E-state index in [1.165, 1.54) is 82.1 Å². The molecule has 1 saturated heterocycles. The first kappa shape index (κ1) is 70.3. The number of nitrogens with zero attached hydrogens (tertiary/aromatic N) is 4. The molecule has 6 aromatic carbocycles. The van der Waals surface area contributed by atoms with E-state index in [2.05, 4.69) is 40.5 Å². The van der Waals surface area contributed by atoms with Gasteiger partial charge in [0.25, 0.3) is 17.7 Å². The number of benzene rings is 6. The minimum Gasteiger partial charge on any atom is -0.505 e. The van der Waals surface area contributed by atoms with E-state index in [1.54, 1.807) is 67.0 Å². The lowest BCUT2D eigenvalue weighted by atomic mass is 9.98. The predicted octanol–water partition coefficient (Wildman–Crippen LogP) is 8.31. The first-order valence-electron chi connectivity index (χ1n) is 30.1. The Morgan fingerprint density at radius 1 is 0.484 bits per heavy atom. The molecule has 0 atom stereocenters. The van der Waals surface area contributed by atoms with E-state index >= 15 is 0 Å². The monoisotopic (exact) mass is 1310 g/mol. The number of aromatic hydroxyl groups is 3. The van der Waals surface area contributed by atoms with Crippen LogP contribution < -0.4 is 16.0 Å². The van der Waals surface area contributed by atoms with Crippen molar-refractivity contribution in [1.82, 2.24) is 35.8 Å². The van der Waals surface area contributed by atoms with Crippen molar-refractivity contribution in [3.63, 3.8) is 0 Å². The van der Waals surface area contributed by atoms with Crippen LogP contribution in [0.5, 0.6) is 17.2 Å². The molecule has 0 bridgehead atoms. The number of esters is 3. The summed E-state index contributed by atoms with van der Waals surface area (Å²) in [4.78, 5) is 90.1. The number of phenolic OH excluding ortho intramolecular Hbond substituents is 3. The van der Waals surface area contributed by atoms with Crippen molar-refractivity contribution >= 4 is 68.3 Å². The van der Waals surface area contributed by atoms with Gasteiger partial charge in [0.15, 0.2) is 17.2 Å². The van der Waals surface area contributed by atoms with Gasteiger partial charge in [0.05, 0.1) is 41.2 Å². The highest BCUT2D eigenvalue weighted by Crippen LogP contribution is 2.35. The summed E-state index contributed by atoms with van der Waals surface area (Å²) in [7, 11) is 3.56. The molecule has 496 valence electrons. The quantitative estimate of drug-likeness (QED) is 0.0191. The number of aromatic nitrogens is 3. The number of pyridine rings is 3. The largest absolute Gasteiger partial charge is 0.505 e. The van der Waals surface area contributed by atoms with Crippen molar-refractivity contribution in [2.24, 2.45) is 0 Å². The van der Waals surface area contributed by atoms with Gasteiger partial charge in [-0.15, -0.1) is 0 Å². The minimum atomic E-state index is -0.795. The van der Waals surface area contributed by atoms with Gasteiger partial charge in [-0.05, 0) is 139 Å². The number of carbonyl (C=O) groups is 6. The molecule has 0 spiro atoms. The maximum absolute atomic E-state index is 13.2. The van der Waals surface area contributed by atoms with Crippen LogP contribution in [-0.4, -0.2) is 170 Å². The minimum absolute atomic E-state index is 0.0760. The number of methoxy groups -OCH3 is 3. The molecule has 0 saturated carbocycles. The lowest BCUT2D eigenvalue weighted by Crippen LogP contribution is -2.41. The Hall–Kier alpha value is -10.6. The third-order valence-corrected chi connectivity index (χ3v) is 15.1. The molecule has 22 nitrogen and oxygen atoms in total. The Morgan fingerprint density at radius 3 is 1.15 bits per heavy atom. The zero-order valence-corrected chi connectivity index (χ0v) is 52.4. The van der Waals surface area contributed by atoms with E-state index in [0.29, 0.717) is 81.4 Å². The Labute approximate surface area is 543 Å². The summed E-state index contributed by atoms with van der Waals surface area (Å²) in [5.74, 6) is -5.70. The molecule has 95 heavy (non-hydrogen) atoms. The molecule has 3 amide bonds. The van der Waals surface area contributed by atoms with Gasteiger partial charge in [-0.3, -0.25) is 34.2 Å². The molecule has 1 fully saturated rings. The number of rotatable bonds is 22. The number of fused-ring (bicyclic) bond motifs is 3. The van der Waals surface area contributed by atoms with Crippen molar-refractivity contribution in [1.29, 1.82) is 0 Å². The van der Waals surface area contributed by atoms with Crippen molar-refractivity contribution in [2.45, 2.75) is 32.6 Å². The van der Waals surface area contributed by atoms with Crippen LogP contribution in [0.15, 0.2) is 128 Å². The van der Waals surface area contributed by atoms with Crippen molar-refractivity contribution in [2.75, 3.05) is 93.6 Å². The fourth-order valence-corrected chi connectivity index (χ4v) is 10.2. The second-order valence-electron chi connectivity index (χ2n) is 21.6. The van der Waals surface area contributed by atoms with Gasteiger partial charge in [0.1, 0.15) is 50.7 Å². The zero-order valence-electron chi connectivity index (χ0n) is 52.4. The topological polar surface area (TPSA) is 307 Å². The van der Waals surface area contributed by atoms with Gasteiger partial charge in [0, 0.05) is 104 Å². The van der Waals surface area contributed by atoms with E-state index < -0.39 is 29.7 Å². The van der Waals surface area contributed by atoms with Crippen LogP contribution in [0.4, 0.5) is 13.2 Å². The SMILES string of the molecule is CCOCCNC(=O)c1cc(C(=O)OC)c(O)c2ncc(Cc3ccc(F)cc3)cc12.COC(=O)c1cc(C(=O)NCCCO)c2cc(Cc3ccc(F)cc3)cnc2c1O.COC(=O)c1cc(C(=O)NCCN2CCOCC2)c2cc(Cc3ccc(F)cc3)cnc2c1O. The highest BCUT2D eigenvalue weighted by atomic mass is 19.1. The van der Waals surface area contributed by atoms with Crippen LogP contribution in [-0.2, 0) is 42.9 Å². The molecule has 4 heterocycles. The summed E-state index contributed by atoms with van der Waals surface area (Å²) in [5, 5.41) is 50.1. The van der Waals surface area contributed by atoms with Crippen LogP contribution in [0, 0.1) is 17.5 Å². The van der Waals surface area contributed by atoms with Crippen LogP contribution in [0.25, 0.3) is 32.7 Å². The summed E-state index contributed by atoms with van der Waals surface area (Å²) in [6, 6.07) is 27.3. The molecule has 9 aromatic rings. The number of halogens is 3. The normalized spacial score (nSPS) is 12.0. The van der Waals surface area contributed by atoms with Gasteiger partial charge in [0.2, 0.25) is 0 Å². The maximum atomic E-state index is 13.2. The standard InChI is InChI=1S/C25H26FN3O5.C23H23FN2O5.C22H21FN2O5/c1-33-25(32)21-14-20(24(31)27-6-7-29-8-10-34-11-9-29)19-13-17(15-28-22(19)23(21)30)12-16-2-4-18(26)5-3-16;1-3-31-9-8-25-22(28)18-12-19(23(29)30-2)21(27)20-17(18)11-15(13-26-20)10-14-4-6-16(24)7-5-14;1-30-22(29)18-11-17(21(28)24-7-2-8-26)16-10-14(12-25-19(16)20(18)27)9-13-3-5-15(23)6-4-13/h2-5,13-15,30H,6-12H2,1H3,(H,27,31);4-7,11-13,27H,3,8-10H2,1-2H3,(H,25,28);3-6,10-12,26-27H,2,7-9H2,1H3,(H,24,28). The molecule has 0 aliphatic carbocycles. The Morgan fingerprint density at radius 2 is 0.821 bits per heavy atom. The Bertz CT molecular complexity index is 4230. The lowest BCUT2D eigenvalue weighted by Gasteiger charge is -2.26. The third-order valence-electron chi connectivity index (χ3n) is 15.1. The second kappa shape index (κ2) is 33.8. The number of nitrogens with one attached hydrogen (secondary N) is 3. The average molecular weight is 1310 g/mol. The molecular formula is C70H70F3N7O15. The number of aliphatic hydroxyl groups is 1. The van der Waals surface area contributed by atoms with Crippen molar-refractivity contribution in [3.05, 3.63) is 212 Å². The van der Waals surface area contributed by atoms with E-state index in [4.69, 9.17) is 24.1 Å². The van der Waals surface area contributed by atoms with Crippen LogP contribution in [0.3, 0.4) is 0 Å². The van der Waals surface area contributed by atoms with Crippen LogP contribution in [0.1, 0.15) is 109 Å².